The molecule has 0 saturated carbocycles. The fourth-order valence-electron chi connectivity index (χ4n) is 2.42. The molecule has 0 radical (unpaired) electrons. The van der Waals surface area contributed by atoms with E-state index in [1.54, 1.807) is 4.90 Å². The maximum absolute atomic E-state index is 13.3. The Labute approximate surface area is 119 Å². The van der Waals surface area contributed by atoms with Crippen LogP contribution in [0, 0.1) is 11.6 Å². The lowest BCUT2D eigenvalue weighted by Crippen LogP contribution is -2.39. The molecule has 0 aliphatic carbocycles. The molecule has 3 rings (SSSR count). The maximum Gasteiger partial charge on any atom is 0.236 e. The number of nitrogens with two attached hydrogens (primary N) is 1. The molecule has 1 aromatic carbocycles. The van der Waals surface area contributed by atoms with Gasteiger partial charge in [-0.2, -0.15) is 0 Å². The first kappa shape index (κ1) is 13.7. The number of hydrogen-bond acceptors (Lipinski definition) is 4. The van der Waals surface area contributed by atoms with Gasteiger partial charge >= 0.3 is 0 Å². The Morgan fingerprint density at radius 1 is 1.38 bits per heavy atom. The number of nitrogens with zero attached hydrogens (tertiary/aromatic N) is 2. The smallest absolute Gasteiger partial charge is 0.236 e. The lowest BCUT2D eigenvalue weighted by Gasteiger charge is -2.25. The second-order valence-electron chi connectivity index (χ2n) is 4.83. The van der Waals surface area contributed by atoms with E-state index in [9.17, 15) is 13.6 Å². The van der Waals surface area contributed by atoms with E-state index in [0.29, 0.717) is 42.1 Å². The molecule has 110 valence electrons. The lowest BCUT2D eigenvalue weighted by molar-refractivity contribution is -0.130. The van der Waals surface area contributed by atoms with E-state index < -0.39 is 11.6 Å². The van der Waals surface area contributed by atoms with Crippen LogP contribution in [0.2, 0.25) is 0 Å². The Morgan fingerprint density at radius 3 is 2.90 bits per heavy atom. The van der Waals surface area contributed by atoms with E-state index in [4.69, 9.17) is 10.3 Å². The predicted octanol–water partition coefficient (Wildman–Crippen LogP) is 1.46. The van der Waals surface area contributed by atoms with Crippen LogP contribution in [0.4, 0.5) is 8.78 Å². The van der Waals surface area contributed by atoms with Crippen molar-refractivity contribution < 1.29 is 18.1 Å². The van der Waals surface area contributed by atoms with Gasteiger partial charge in [-0.15, -0.1) is 0 Å². The van der Waals surface area contributed by atoms with Crippen LogP contribution >= 0.6 is 0 Å². The molecule has 2 aromatic rings. The molecule has 1 aliphatic heterocycles. The van der Waals surface area contributed by atoms with Gasteiger partial charge in [-0.05, 0) is 18.2 Å². The number of benzene rings is 1. The first-order valence-electron chi connectivity index (χ1n) is 6.51. The quantitative estimate of drug-likeness (QED) is 0.910. The molecule has 0 bridgehead atoms. The first-order chi connectivity index (χ1) is 10.1. The van der Waals surface area contributed by atoms with Gasteiger partial charge in [0.1, 0.15) is 11.5 Å². The molecule has 0 atom stereocenters. The van der Waals surface area contributed by atoms with Crippen molar-refractivity contribution in [1.29, 1.82) is 0 Å². The van der Waals surface area contributed by atoms with Crippen molar-refractivity contribution in [1.82, 2.24) is 10.1 Å². The van der Waals surface area contributed by atoms with Crippen LogP contribution in [0.3, 0.4) is 0 Å². The summed E-state index contributed by atoms with van der Waals surface area (Å²) in [5.74, 6) is -1.38. The molecule has 1 amide bonds. The van der Waals surface area contributed by atoms with Gasteiger partial charge in [-0.25, -0.2) is 8.78 Å². The molecular formula is C14H13F2N3O2. The lowest BCUT2D eigenvalue weighted by atomic mass is 10.0. The minimum absolute atomic E-state index is 0.0683. The Morgan fingerprint density at radius 2 is 2.19 bits per heavy atom. The molecule has 5 nitrogen and oxygen atoms in total. The Bertz CT molecular complexity index is 700. The van der Waals surface area contributed by atoms with Gasteiger partial charge in [0, 0.05) is 24.1 Å². The molecule has 2 N–H and O–H groups in total. The Balaban J connectivity index is 1.97. The molecule has 0 unspecified atom stereocenters. The average Bonchev–Trinajstić information content (AvgIpc) is 2.92. The fourth-order valence-corrected chi connectivity index (χ4v) is 2.42. The summed E-state index contributed by atoms with van der Waals surface area (Å²) in [5.41, 5.74) is 6.93. The van der Waals surface area contributed by atoms with Gasteiger partial charge in [0.05, 0.1) is 13.1 Å². The average molecular weight is 293 g/mol. The zero-order valence-electron chi connectivity index (χ0n) is 11.1. The molecule has 2 heterocycles. The highest BCUT2D eigenvalue weighted by Crippen LogP contribution is 2.30. The van der Waals surface area contributed by atoms with Crippen LogP contribution in [0.5, 0.6) is 0 Å². The minimum Gasteiger partial charge on any atom is -0.360 e. The number of aromatic nitrogens is 1. The summed E-state index contributed by atoms with van der Waals surface area (Å²) >= 11 is 0. The summed E-state index contributed by atoms with van der Waals surface area (Å²) in [6, 6.07) is 3.54. The molecule has 1 aliphatic rings. The summed E-state index contributed by atoms with van der Waals surface area (Å²) in [4.78, 5) is 13.3. The van der Waals surface area contributed by atoms with E-state index >= 15 is 0 Å². The highest BCUT2D eigenvalue weighted by Gasteiger charge is 2.27. The van der Waals surface area contributed by atoms with E-state index in [-0.39, 0.29) is 12.5 Å². The van der Waals surface area contributed by atoms with Crippen LogP contribution in [0.1, 0.15) is 11.3 Å². The third-order valence-electron chi connectivity index (χ3n) is 3.55. The normalized spacial score (nSPS) is 14.1. The number of carbonyl (C=O) groups is 1. The number of rotatable bonds is 2. The second kappa shape index (κ2) is 5.25. The summed E-state index contributed by atoms with van der Waals surface area (Å²) in [5, 5.41) is 3.93. The van der Waals surface area contributed by atoms with Gasteiger partial charge in [0.15, 0.2) is 11.6 Å². The highest BCUT2D eigenvalue weighted by atomic mass is 19.2. The Kier molecular flexibility index (Phi) is 3.42. The molecule has 0 saturated heterocycles. The van der Waals surface area contributed by atoms with Gasteiger partial charge in [0.25, 0.3) is 0 Å². The fraction of sp³-hybridized carbons (Fsp3) is 0.286. The standard InChI is InChI=1S/C14H13F2N3O2/c15-10-2-1-8(5-11(10)16)14-9-7-19(13(20)6-17)4-3-12(9)21-18-14/h1-2,5H,3-4,6-7,17H2. The SMILES string of the molecule is NCC(=O)N1CCc2onc(-c3ccc(F)c(F)c3)c2C1. The van der Waals surface area contributed by atoms with Crippen molar-refractivity contribution in [3.8, 4) is 11.3 Å². The Hall–Kier alpha value is -2.28. The topological polar surface area (TPSA) is 72.4 Å². The van der Waals surface area contributed by atoms with Crippen molar-refractivity contribution in [2.45, 2.75) is 13.0 Å². The van der Waals surface area contributed by atoms with E-state index in [1.807, 2.05) is 0 Å². The molecule has 21 heavy (non-hydrogen) atoms. The molecule has 0 spiro atoms. The summed E-state index contributed by atoms with van der Waals surface area (Å²) in [6.45, 7) is 0.750. The van der Waals surface area contributed by atoms with Crippen molar-refractivity contribution >= 4 is 5.91 Å². The van der Waals surface area contributed by atoms with Gasteiger partial charge in [0.2, 0.25) is 5.91 Å². The third kappa shape index (κ3) is 2.40. The van der Waals surface area contributed by atoms with Gasteiger partial charge < -0.3 is 15.2 Å². The predicted molar refractivity (Wildman–Crippen MR) is 70.0 cm³/mol. The van der Waals surface area contributed by atoms with E-state index in [0.717, 1.165) is 12.1 Å². The number of halogens is 2. The molecular weight excluding hydrogens is 280 g/mol. The van der Waals surface area contributed by atoms with Crippen molar-refractivity contribution in [2.75, 3.05) is 13.1 Å². The van der Waals surface area contributed by atoms with E-state index in [1.165, 1.54) is 6.07 Å². The summed E-state index contributed by atoms with van der Waals surface area (Å²) < 4.78 is 31.6. The first-order valence-corrected chi connectivity index (χ1v) is 6.51. The monoisotopic (exact) mass is 293 g/mol. The largest absolute Gasteiger partial charge is 0.360 e. The van der Waals surface area contributed by atoms with Crippen LogP contribution < -0.4 is 5.73 Å². The maximum atomic E-state index is 13.3. The molecule has 0 fully saturated rings. The summed E-state index contributed by atoms with van der Waals surface area (Å²) in [7, 11) is 0. The molecule has 1 aromatic heterocycles. The zero-order chi connectivity index (χ0) is 15.0. The van der Waals surface area contributed by atoms with Crippen molar-refractivity contribution in [3.05, 3.63) is 41.2 Å². The number of hydrogen-bond donors (Lipinski definition) is 1. The summed E-state index contributed by atoms with van der Waals surface area (Å²) in [6.07, 6.45) is 0.526. The van der Waals surface area contributed by atoms with Crippen LogP contribution in [-0.4, -0.2) is 29.1 Å². The highest BCUT2D eigenvalue weighted by molar-refractivity contribution is 5.78. The minimum atomic E-state index is -0.949. The van der Waals surface area contributed by atoms with E-state index in [2.05, 4.69) is 5.16 Å². The van der Waals surface area contributed by atoms with Crippen LogP contribution in [0.15, 0.2) is 22.7 Å². The molecule has 7 heteroatoms. The number of carbonyl (C=O) groups excluding carboxylic acids is 1. The van der Waals surface area contributed by atoms with Crippen molar-refractivity contribution in [3.63, 3.8) is 0 Å². The third-order valence-corrected chi connectivity index (χ3v) is 3.55. The van der Waals surface area contributed by atoms with Crippen LogP contribution in [0.25, 0.3) is 11.3 Å². The van der Waals surface area contributed by atoms with Crippen molar-refractivity contribution in [2.24, 2.45) is 5.73 Å². The number of fused-ring (bicyclic) bond motifs is 1. The van der Waals surface area contributed by atoms with Gasteiger partial charge in [-0.1, -0.05) is 5.16 Å². The van der Waals surface area contributed by atoms with Gasteiger partial charge in [-0.3, -0.25) is 4.79 Å². The second-order valence-corrected chi connectivity index (χ2v) is 4.83. The van der Waals surface area contributed by atoms with Crippen LogP contribution in [-0.2, 0) is 17.8 Å². The number of amides is 1. The zero-order valence-corrected chi connectivity index (χ0v) is 11.1.